The number of furan rings is 1. The highest BCUT2D eigenvalue weighted by atomic mass is 19.1. The molecule has 1 unspecified atom stereocenters. The molecule has 1 N–H and O–H groups in total. The van der Waals surface area contributed by atoms with Gasteiger partial charge in [0.05, 0.1) is 18.9 Å². The molecule has 0 bridgehead atoms. The number of nitrogens with one attached hydrogen (secondary N) is 1. The van der Waals surface area contributed by atoms with Gasteiger partial charge in [0, 0.05) is 25.4 Å². The summed E-state index contributed by atoms with van der Waals surface area (Å²) >= 11 is 0. The lowest BCUT2D eigenvalue weighted by Crippen LogP contribution is -2.46. The van der Waals surface area contributed by atoms with Crippen LogP contribution in [0.25, 0.3) is 0 Å². The highest BCUT2D eigenvalue weighted by Gasteiger charge is 2.27. The third-order valence-corrected chi connectivity index (χ3v) is 6.21. The van der Waals surface area contributed by atoms with E-state index in [0.717, 1.165) is 30.4 Å². The molecule has 3 amide bonds. The Bertz CT molecular complexity index is 1130. The summed E-state index contributed by atoms with van der Waals surface area (Å²) in [6.07, 6.45) is 4.07. The standard InChI is InChI=1S/C28H32FN3O4/c1-2-21-6-3-7-24(16-21)30-28(34)32(19-26-9-5-15-36-26)20-27(33)31(18-25-8-4-14-35-25)17-22-10-12-23(29)13-11-22/h3-4,6-8,10-14,16,26H,2,5,9,15,17-20H2,1H3,(H,30,34). The summed E-state index contributed by atoms with van der Waals surface area (Å²) in [4.78, 5) is 30.0. The van der Waals surface area contributed by atoms with Gasteiger partial charge in [-0.1, -0.05) is 31.2 Å². The predicted molar refractivity (Wildman–Crippen MR) is 135 cm³/mol. The monoisotopic (exact) mass is 493 g/mol. The van der Waals surface area contributed by atoms with Crippen molar-refractivity contribution in [2.24, 2.45) is 0 Å². The Morgan fingerprint density at radius 3 is 2.56 bits per heavy atom. The zero-order chi connectivity index (χ0) is 25.3. The first kappa shape index (κ1) is 25.4. The summed E-state index contributed by atoms with van der Waals surface area (Å²) in [5.41, 5.74) is 2.57. The van der Waals surface area contributed by atoms with E-state index in [0.29, 0.717) is 24.6 Å². The van der Waals surface area contributed by atoms with Crippen LogP contribution in [0.2, 0.25) is 0 Å². The van der Waals surface area contributed by atoms with Gasteiger partial charge in [0.2, 0.25) is 5.91 Å². The number of halogens is 1. The van der Waals surface area contributed by atoms with Crippen LogP contribution in [-0.4, -0.2) is 47.5 Å². The lowest BCUT2D eigenvalue weighted by Gasteiger charge is -2.29. The van der Waals surface area contributed by atoms with Gasteiger partial charge in [0.25, 0.3) is 0 Å². The number of ether oxygens (including phenoxy) is 1. The first-order valence-corrected chi connectivity index (χ1v) is 12.3. The number of urea groups is 1. The van der Waals surface area contributed by atoms with Crippen molar-refractivity contribution in [1.29, 1.82) is 0 Å². The van der Waals surface area contributed by atoms with Gasteiger partial charge in [-0.3, -0.25) is 4.79 Å². The van der Waals surface area contributed by atoms with Crippen molar-refractivity contribution < 1.29 is 23.1 Å². The predicted octanol–water partition coefficient (Wildman–Crippen LogP) is 5.22. The Labute approximate surface area is 210 Å². The minimum atomic E-state index is -0.355. The number of rotatable bonds is 10. The molecule has 0 aliphatic carbocycles. The molecule has 1 aliphatic heterocycles. The molecule has 1 atom stereocenters. The zero-order valence-corrected chi connectivity index (χ0v) is 20.5. The second-order valence-electron chi connectivity index (χ2n) is 8.96. The molecule has 0 spiro atoms. The normalized spacial score (nSPS) is 15.0. The maximum absolute atomic E-state index is 13.5. The smallest absolute Gasteiger partial charge is 0.322 e. The number of amides is 3. The quantitative estimate of drug-likeness (QED) is 0.420. The minimum absolute atomic E-state index is 0.110. The lowest BCUT2D eigenvalue weighted by molar-refractivity contribution is -0.133. The fourth-order valence-corrected chi connectivity index (χ4v) is 4.22. The van der Waals surface area contributed by atoms with E-state index in [9.17, 15) is 14.0 Å². The summed E-state index contributed by atoms with van der Waals surface area (Å²) in [5, 5.41) is 2.94. The summed E-state index contributed by atoms with van der Waals surface area (Å²) in [7, 11) is 0. The van der Waals surface area contributed by atoms with Crippen LogP contribution < -0.4 is 5.32 Å². The van der Waals surface area contributed by atoms with E-state index in [1.54, 1.807) is 35.4 Å². The summed E-state index contributed by atoms with van der Waals surface area (Å²) < 4.78 is 24.6. The molecule has 36 heavy (non-hydrogen) atoms. The number of carbonyl (C=O) groups excluding carboxylic acids is 2. The van der Waals surface area contributed by atoms with Gasteiger partial charge in [-0.25, -0.2) is 9.18 Å². The topological polar surface area (TPSA) is 75.0 Å². The van der Waals surface area contributed by atoms with Crippen LogP contribution >= 0.6 is 0 Å². The van der Waals surface area contributed by atoms with Crippen molar-refractivity contribution in [3.63, 3.8) is 0 Å². The third kappa shape index (κ3) is 7.18. The Morgan fingerprint density at radius 2 is 1.86 bits per heavy atom. The SMILES string of the molecule is CCc1cccc(NC(=O)N(CC(=O)N(Cc2ccc(F)cc2)Cc2ccco2)CC2CCCO2)c1. The van der Waals surface area contributed by atoms with Crippen LogP contribution in [0, 0.1) is 5.82 Å². The summed E-state index contributed by atoms with van der Waals surface area (Å²) in [6, 6.07) is 16.9. The van der Waals surface area contributed by atoms with Gasteiger partial charge in [-0.15, -0.1) is 0 Å². The molecule has 1 fully saturated rings. The Hall–Kier alpha value is -3.65. The molecule has 0 saturated carbocycles. The largest absolute Gasteiger partial charge is 0.467 e. The molecule has 0 radical (unpaired) electrons. The Kier molecular flexibility index (Phi) is 8.73. The molecule has 4 rings (SSSR count). The van der Waals surface area contributed by atoms with Crippen LogP contribution in [0.3, 0.4) is 0 Å². The number of anilines is 1. The Morgan fingerprint density at radius 1 is 1.03 bits per heavy atom. The fraction of sp³-hybridized carbons (Fsp3) is 0.357. The van der Waals surface area contributed by atoms with E-state index in [4.69, 9.17) is 9.15 Å². The number of aryl methyl sites for hydroxylation is 1. The minimum Gasteiger partial charge on any atom is -0.467 e. The van der Waals surface area contributed by atoms with Crippen molar-refractivity contribution in [3.8, 4) is 0 Å². The van der Waals surface area contributed by atoms with Crippen molar-refractivity contribution in [2.75, 3.05) is 25.0 Å². The molecule has 1 saturated heterocycles. The van der Waals surface area contributed by atoms with Crippen LogP contribution in [-0.2, 0) is 29.0 Å². The highest BCUT2D eigenvalue weighted by Crippen LogP contribution is 2.17. The number of carbonyl (C=O) groups is 2. The van der Waals surface area contributed by atoms with Crippen molar-refractivity contribution in [2.45, 2.75) is 45.4 Å². The number of benzene rings is 2. The number of nitrogens with zero attached hydrogens (tertiary/aromatic N) is 2. The molecular formula is C28H32FN3O4. The average Bonchev–Trinajstić information content (AvgIpc) is 3.59. The highest BCUT2D eigenvalue weighted by molar-refractivity contribution is 5.92. The van der Waals surface area contributed by atoms with E-state index >= 15 is 0 Å². The average molecular weight is 494 g/mol. The molecule has 2 heterocycles. The van der Waals surface area contributed by atoms with Crippen molar-refractivity contribution in [1.82, 2.24) is 9.80 Å². The van der Waals surface area contributed by atoms with Gasteiger partial charge >= 0.3 is 6.03 Å². The second kappa shape index (κ2) is 12.4. The summed E-state index contributed by atoms with van der Waals surface area (Å²) in [6.45, 7) is 3.39. The van der Waals surface area contributed by atoms with Crippen molar-refractivity contribution in [3.05, 3.63) is 89.6 Å². The molecule has 7 nitrogen and oxygen atoms in total. The van der Waals surface area contributed by atoms with Gasteiger partial charge in [0.1, 0.15) is 18.1 Å². The van der Waals surface area contributed by atoms with Crippen molar-refractivity contribution >= 4 is 17.6 Å². The van der Waals surface area contributed by atoms with Crippen LogP contribution in [0.4, 0.5) is 14.9 Å². The maximum atomic E-state index is 13.5. The molecule has 190 valence electrons. The Balaban J connectivity index is 1.51. The lowest BCUT2D eigenvalue weighted by atomic mass is 10.1. The van der Waals surface area contributed by atoms with E-state index in [1.165, 1.54) is 17.0 Å². The summed E-state index contributed by atoms with van der Waals surface area (Å²) in [5.74, 6) is 0.0392. The molecule has 3 aromatic rings. The van der Waals surface area contributed by atoms with Gasteiger partial charge < -0.3 is 24.3 Å². The van der Waals surface area contributed by atoms with E-state index in [2.05, 4.69) is 12.2 Å². The zero-order valence-electron chi connectivity index (χ0n) is 20.5. The van der Waals surface area contributed by atoms with E-state index in [-0.39, 0.29) is 43.5 Å². The molecule has 1 aromatic heterocycles. The first-order chi connectivity index (χ1) is 17.5. The molecule has 2 aromatic carbocycles. The van der Waals surface area contributed by atoms with E-state index < -0.39 is 0 Å². The van der Waals surface area contributed by atoms with Crippen LogP contribution in [0.1, 0.15) is 36.7 Å². The molecule has 8 heteroatoms. The first-order valence-electron chi connectivity index (χ1n) is 12.3. The molecule has 1 aliphatic rings. The van der Waals surface area contributed by atoms with E-state index in [1.807, 2.05) is 24.3 Å². The van der Waals surface area contributed by atoms with Gasteiger partial charge in [-0.2, -0.15) is 0 Å². The third-order valence-electron chi connectivity index (χ3n) is 6.21. The van der Waals surface area contributed by atoms with Crippen LogP contribution in [0.5, 0.6) is 0 Å². The van der Waals surface area contributed by atoms with Gasteiger partial charge in [0.15, 0.2) is 0 Å². The number of hydrogen-bond donors (Lipinski definition) is 1. The maximum Gasteiger partial charge on any atom is 0.322 e. The van der Waals surface area contributed by atoms with Gasteiger partial charge in [-0.05, 0) is 66.8 Å². The second-order valence-corrected chi connectivity index (χ2v) is 8.96. The van der Waals surface area contributed by atoms with Crippen LogP contribution in [0.15, 0.2) is 71.3 Å². The fourth-order valence-electron chi connectivity index (χ4n) is 4.22. The molecular weight excluding hydrogens is 461 g/mol. The number of hydrogen-bond acceptors (Lipinski definition) is 4.